The summed E-state index contributed by atoms with van der Waals surface area (Å²) in [6.45, 7) is 5.20. The Morgan fingerprint density at radius 2 is 2.43 bits per heavy atom. The zero-order valence-corrected chi connectivity index (χ0v) is 8.67. The molecule has 1 aromatic heterocycles. The second-order valence-corrected chi connectivity index (χ2v) is 3.64. The van der Waals surface area contributed by atoms with Gasteiger partial charge in [-0.25, -0.2) is 4.79 Å². The molecule has 0 bridgehead atoms. The maximum atomic E-state index is 11.6. The molecule has 3 nitrogen and oxygen atoms in total. The van der Waals surface area contributed by atoms with Gasteiger partial charge >= 0.3 is 5.97 Å². The highest BCUT2D eigenvalue weighted by molar-refractivity contribution is 5.89. The quantitative estimate of drug-likeness (QED) is 0.672. The monoisotopic (exact) mass is 193 g/mol. The van der Waals surface area contributed by atoms with Crippen LogP contribution in [0.4, 0.5) is 0 Å². The van der Waals surface area contributed by atoms with Crippen LogP contribution in [-0.4, -0.2) is 17.1 Å². The fraction of sp³-hybridized carbons (Fsp3) is 0.545. The van der Waals surface area contributed by atoms with Gasteiger partial charge in [-0.15, -0.1) is 0 Å². The molecule has 0 atom stereocenters. The Morgan fingerprint density at radius 1 is 1.64 bits per heavy atom. The van der Waals surface area contributed by atoms with Crippen molar-refractivity contribution in [3.8, 4) is 0 Å². The van der Waals surface area contributed by atoms with Gasteiger partial charge in [-0.2, -0.15) is 0 Å². The Hall–Kier alpha value is -1.25. The highest BCUT2D eigenvalue weighted by Gasteiger charge is 2.22. The van der Waals surface area contributed by atoms with Crippen LogP contribution < -0.4 is 0 Å². The summed E-state index contributed by atoms with van der Waals surface area (Å²) >= 11 is 0. The van der Waals surface area contributed by atoms with Gasteiger partial charge in [0.25, 0.3) is 0 Å². The lowest BCUT2D eigenvalue weighted by Gasteiger charge is -2.06. The van der Waals surface area contributed by atoms with Crippen molar-refractivity contribution < 1.29 is 9.53 Å². The van der Waals surface area contributed by atoms with E-state index in [1.54, 1.807) is 0 Å². The van der Waals surface area contributed by atoms with Gasteiger partial charge in [0.05, 0.1) is 6.61 Å². The number of hydrogen-bond acceptors (Lipinski definition) is 2. The smallest absolute Gasteiger partial charge is 0.355 e. The van der Waals surface area contributed by atoms with Gasteiger partial charge in [-0.05, 0) is 38.3 Å². The highest BCUT2D eigenvalue weighted by atomic mass is 16.5. The van der Waals surface area contributed by atoms with Gasteiger partial charge in [0.1, 0.15) is 5.69 Å². The predicted molar refractivity (Wildman–Crippen MR) is 53.4 cm³/mol. The first-order valence-corrected chi connectivity index (χ1v) is 5.10. The molecule has 2 rings (SSSR count). The maximum absolute atomic E-state index is 11.6. The van der Waals surface area contributed by atoms with Crippen molar-refractivity contribution in [1.82, 2.24) is 4.57 Å². The van der Waals surface area contributed by atoms with E-state index in [0.717, 1.165) is 30.6 Å². The number of nitrogens with zero attached hydrogens (tertiary/aromatic N) is 1. The molecule has 0 spiro atoms. The van der Waals surface area contributed by atoms with E-state index in [1.165, 1.54) is 5.69 Å². The summed E-state index contributed by atoms with van der Waals surface area (Å²) < 4.78 is 7.12. The number of fused-ring (bicyclic) bond motifs is 1. The molecule has 0 unspecified atom stereocenters. The number of carbonyl (C=O) groups is 1. The molecule has 2 heterocycles. The standard InChI is InChI=1S/C11H15NO2/c1-3-14-11(13)10-8(2)7-9-5-4-6-12(9)10/h7H,3-6H2,1-2H3. The Kier molecular flexibility index (Phi) is 2.32. The van der Waals surface area contributed by atoms with Gasteiger partial charge in [0, 0.05) is 12.2 Å². The summed E-state index contributed by atoms with van der Waals surface area (Å²) in [6.07, 6.45) is 2.22. The van der Waals surface area contributed by atoms with Gasteiger partial charge in [-0.3, -0.25) is 0 Å². The second-order valence-electron chi connectivity index (χ2n) is 3.64. The van der Waals surface area contributed by atoms with Crippen molar-refractivity contribution in [2.75, 3.05) is 6.61 Å². The molecule has 0 N–H and O–H groups in total. The number of esters is 1. The lowest BCUT2D eigenvalue weighted by Crippen LogP contribution is -2.12. The number of aryl methyl sites for hydroxylation is 2. The van der Waals surface area contributed by atoms with E-state index >= 15 is 0 Å². The first-order valence-electron chi connectivity index (χ1n) is 5.10. The van der Waals surface area contributed by atoms with Crippen LogP contribution in [0.1, 0.15) is 35.1 Å². The predicted octanol–water partition coefficient (Wildman–Crippen LogP) is 1.92. The third kappa shape index (κ3) is 1.33. The van der Waals surface area contributed by atoms with Crippen molar-refractivity contribution in [1.29, 1.82) is 0 Å². The molecule has 76 valence electrons. The van der Waals surface area contributed by atoms with Crippen LogP contribution in [0.25, 0.3) is 0 Å². The van der Waals surface area contributed by atoms with Crippen molar-refractivity contribution in [2.24, 2.45) is 0 Å². The maximum Gasteiger partial charge on any atom is 0.355 e. The van der Waals surface area contributed by atoms with E-state index in [4.69, 9.17) is 4.74 Å². The van der Waals surface area contributed by atoms with Crippen LogP contribution in [0.3, 0.4) is 0 Å². The van der Waals surface area contributed by atoms with E-state index in [0.29, 0.717) is 6.61 Å². The molecule has 1 aliphatic rings. The van der Waals surface area contributed by atoms with Gasteiger partial charge in [0.15, 0.2) is 0 Å². The summed E-state index contributed by atoms with van der Waals surface area (Å²) in [5.74, 6) is -0.182. The number of ether oxygens (including phenoxy) is 1. The van der Waals surface area contributed by atoms with E-state index < -0.39 is 0 Å². The highest BCUT2D eigenvalue weighted by Crippen LogP contribution is 2.23. The SMILES string of the molecule is CCOC(=O)c1c(C)cc2n1CCC2. The second kappa shape index (κ2) is 3.48. The minimum absolute atomic E-state index is 0.182. The largest absolute Gasteiger partial charge is 0.461 e. The summed E-state index contributed by atoms with van der Waals surface area (Å²) in [5.41, 5.74) is 3.06. The normalized spacial score (nSPS) is 14.1. The fourth-order valence-corrected chi connectivity index (χ4v) is 2.10. The summed E-state index contributed by atoms with van der Waals surface area (Å²) in [4.78, 5) is 11.6. The Labute approximate surface area is 83.7 Å². The van der Waals surface area contributed by atoms with Crippen LogP contribution in [-0.2, 0) is 17.7 Å². The molecule has 1 aromatic rings. The molecule has 0 amide bonds. The summed E-state index contributed by atoms with van der Waals surface area (Å²) in [5, 5.41) is 0. The number of aromatic nitrogens is 1. The molecule has 14 heavy (non-hydrogen) atoms. The molecule has 0 aromatic carbocycles. The molecular formula is C11H15NO2. The minimum atomic E-state index is -0.182. The molecular weight excluding hydrogens is 178 g/mol. The van der Waals surface area contributed by atoms with Crippen LogP contribution in [0.2, 0.25) is 0 Å². The Balaban J connectivity index is 2.37. The first kappa shape index (κ1) is 9.31. The van der Waals surface area contributed by atoms with E-state index in [1.807, 2.05) is 13.8 Å². The van der Waals surface area contributed by atoms with E-state index in [9.17, 15) is 4.79 Å². The number of hydrogen-bond donors (Lipinski definition) is 0. The van der Waals surface area contributed by atoms with Crippen LogP contribution >= 0.6 is 0 Å². The minimum Gasteiger partial charge on any atom is -0.461 e. The molecule has 3 heteroatoms. The lowest BCUT2D eigenvalue weighted by molar-refractivity contribution is 0.0513. The number of carbonyl (C=O) groups excluding carboxylic acids is 1. The van der Waals surface area contributed by atoms with E-state index in [2.05, 4.69) is 10.6 Å². The summed E-state index contributed by atoms with van der Waals surface area (Å²) in [6, 6.07) is 2.10. The average molecular weight is 193 g/mol. The van der Waals surface area contributed by atoms with Crippen molar-refractivity contribution in [3.63, 3.8) is 0 Å². The molecule has 0 aliphatic carbocycles. The molecule has 0 radical (unpaired) electrons. The van der Waals surface area contributed by atoms with Crippen LogP contribution in [0.15, 0.2) is 6.07 Å². The van der Waals surface area contributed by atoms with Gasteiger partial charge in [-0.1, -0.05) is 0 Å². The fourth-order valence-electron chi connectivity index (χ4n) is 2.10. The lowest BCUT2D eigenvalue weighted by atomic mass is 10.2. The summed E-state index contributed by atoms with van der Waals surface area (Å²) in [7, 11) is 0. The van der Waals surface area contributed by atoms with Gasteiger partial charge in [0.2, 0.25) is 0 Å². The van der Waals surface area contributed by atoms with Crippen molar-refractivity contribution in [2.45, 2.75) is 33.2 Å². The van der Waals surface area contributed by atoms with Gasteiger partial charge < -0.3 is 9.30 Å². The van der Waals surface area contributed by atoms with Crippen LogP contribution in [0, 0.1) is 6.92 Å². The van der Waals surface area contributed by atoms with E-state index in [-0.39, 0.29) is 5.97 Å². The van der Waals surface area contributed by atoms with Crippen molar-refractivity contribution >= 4 is 5.97 Å². The third-order valence-corrected chi connectivity index (χ3v) is 2.66. The molecule has 0 fully saturated rings. The Bertz CT molecular complexity index is 366. The van der Waals surface area contributed by atoms with Crippen LogP contribution in [0.5, 0.6) is 0 Å². The van der Waals surface area contributed by atoms with Crippen molar-refractivity contribution in [3.05, 3.63) is 23.0 Å². The first-order chi connectivity index (χ1) is 6.74. The number of rotatable bonds is 2. The Morgan fingerprint density at radius 3 is 3.14 bits per heavy atom. The third-order valence-electron chi connectivity index (χ3n) is 2.66. The topological polar surface area (TPSA) is 31.2 Å². The zero-order valence-electron chi connectivity index (χ0n) is 8.67. The zero-order chi connectivity index (χ0) is 10.1. The average Bonchev–Trinajstić information content (AvgIpc) is 2.63. The molecule has 0 saturated carbocycles. The molecule has 1 aliphatic heterocycles. The molecule has 0 saturated heterocycles.